The number of benzene rings is 1. The maximum Gasteiger partial charge on any atom is 0.335 e. The number of aromatic carboxylic acids is 1. The number of carboxylic acids is 1. The molecule has 0 radical (unpaired) electrons. The normalized spacial score (nSPS) is 20.3. The van der Waals surface area contributed by atoms with Gasteiger partial charge in [-0.1, -0.05) is 6.42 Å². The number of carboxylic acid groups (broad SMARTS) is 1. The highest BCUT2D eigenvalue weighted by Crippen LogP contribution is 2.27. The van der Waals surface area contributed by atoms with Crippen LogP contribution in [0.25, 0.3) is 0 Å². The van der Waals surface area contributed by atoms with E-state index in [0.29, 0.717) is 13.0 Å². The van der Waals surface area contributed by atoms with Crippen molar-refractivity contribution >= 4 is 16.0 Å². The Balaban J connectivity index is 2.28. The fourth-order valence-electron chi connectivity index (χ4n) is 2.63. The molecule has 116 valence electrons. The molecule has 1 atom stereocenters. The summed E-state index contributed by atoms with van der Waals surface area (Å²) in [6.07, 6.45) is 2.92. The number of hydrogen-bond donors (Lipinski definition) is 2. The summed E-state index contributed by atoms with van der Waals surface area (Å²) in [5.74, 6) is -1.09. The average Bonchev–Trinajstić information content (AvgIpc) is 2.48. The van der Waals surface area contributed by atoms with Crippen LogP contribution in [0.1, 0.15) is 36.0 Å². The summed E-state index contributed by atoms with van der Waals surface area (Å²) in [5.41, 5.74) is 0.0551. The molecule has 1 aliphatic heterocycles. The summed E-state index contributed by atoms with van der Waals surface area (Å²) < 4.78 is 26.7. The zero-order chi connectivity index (χ0) is 15.5. The van der Waals surface area contributed by atoms with Gasteiger partial charge < -0.3 is 10.2 Å². The molecule has 0 amide bonds. The van der Waals surface area contributed by atoms with E-state index in [1.54, 1.807) is 0 Å². The monoisotopic (exact) mass is 313 g/mol. The molecule has 0 saturated carbocycles. The lowest BCUT2D eigenvalue weighted by molar-refractivity contribution is 0.0696. The molecular formula is C14H19NO5S. The van der Waals surface area contributed by atoms with E-state index in [-0.39, 0.29) is 23.1 Å². The van der Waals surface area contributed by atoms with Gasteiger partial charge in [0.05, 0.1) is 10.5 Å². The van der Waals surface area contributed by atoms with E-state index >= 15 is 0 Å². The van der Waals surface area contributed by atoms with Gasteiger partial charge in [0.2, 0.25) is 10.0 Å². The molecule has 0 bridgehead atoms. The fourth-order valence-corrected chi connectivity index (χ4v) is 4.36. The molecule has 0 aromatic heterocycles. The lowest BCUT2D eigenvalue weighted by Gasteiger charge is -2.34. The third-order valence-electron chi connectivity index (χ3n) is 3.74. The second kappa shape index (κ2) is 6.55. The Labute approximate surface area is 124 Å². The zero-order valence-electron chi connectivity index (χ0n) is 11.6. The van der Waals surface area contributed by atoms with E-state index < -0.39 is 16.0 Å². The average molecular weight is 313 g/mol. The standard InChI is InChI=1S/C14H19NO5S/c16-10-8-12-3-1-2-9-15(12)21(19,20)13-6-4-11(5-7-13)14(17)18/h4-7,12,16H,1-3,8-10H2,(H,17,18). The molecule has 1 aliphatic rings. The minimum Gasteiger partial charge on any atom is -0.478 e. The first-order valence-corrected chi connectivity index (χ1v) is 8.37. The molecule has 1 aromatic carbocycles. The molecular weight excluding hydrogens is 294 g/mol. The van der Waals surface area contributed by atoms with Crippen LogP contribution in [0.5, 0.6) is 0 Å². The fraction of sp³-hybridized carbons (Fsp3) is 0.500. The first-order valence-electron chi connectivity index (χ1n) is 6.93. The number of sulfonamides is 1. The van der Waals surface area contributed by atoms with Crippen molar-refractivity contribution in [1.82, 2.24) is 4.31 Å². The van der Waals surface area contributed by atoms with E-state index in [1.807, 2.05) is 0 Å². The maximum absolute atomic E-state index is 12.7. The van der Waals surface area contributed by atoms with Crippen LogP contribution in [0.2, 0.25) is 0 Å². The summed E-state index contributed by atoms with van der Waals surface area (Å²) in [7, 11) is -3.65. The highest BCUT2D eigenvalue weighted by atomic mass is 32.2. The Morgan fingerprint density at radius 1 is 1.24 bits per heavy atom. The van der Waals surface area contributed by atoms with E-state index in [4.69, 9.17) is 10.2 Å². The minimum absolute atomic E-state index is 0.0470. The van der Waals surface area contributed by atoms with Gasteiger partial charge in [0, 0.05) is 19.2 Å². The van der Waals surface area contributed by atoms with Crippen LogP contribution in [0.15, 0.2) is 29.2 Å². The molecule has 2 rings (SSSR count). The highest BCUT2D eigenvalue weighted by molar-refractivity contribution is 7.89. The van der Waals surface area contributed by atoms with Crippen molar-refractivity contribution in [3.05, 3.63) is 29.8 Å². The van der Waals surface area contributed by atoms with Crippen molar-refractivity contribution in [3.8, 4) is 0 Å². The van der Waals surface area contributed by atoms with Crippen LogP contribution in [0.4, 0.5) is 0 Å². The van der Waals surface area contributed by atoms with Crippen LogP contribution in [0, 0.1) is 0 Å². The van der Waals surface area contributed by atoms with Crippen LogP contribution in [-0.2, 0) is 10.0 Å². The van der Waals surface area contributed by atoms with Gasteiger partial charge >= 0.3 is 5.97 Å². The topological polar surface area (TPSA) is 94.9 Å². The minimum atomic E-state index is -3.65. The second-order valence-electron chi connectivity index (χ2n) is 5.11. The van der Waals surface area contributed by atoms with Crippen molar-refractivity contribution in [3.63, 3.8) is 0 Å². The van der Waals surface area contributed by atoms with Crippen molar-refractivity contribution in [1.29, 1.82) is 0 Å². The van der Waals surface area contributed by atoms with Gasteiger partial charge in [0.25, 0.3) is 0 Å². The van der Waals surface area contributed by atoms with Gasteiger partial charge in [-0.3, -0.25) is 0 Å². The van der Waals surface area contributed by atoms with Gasteiger partial charge in [-0.2, -0.15) is 4.31 Å². The number of carbonyl (C=O) groups is 1. The summed E-state index contributed by atoms with van der Waals surface area (Å²) in [4.78, 5) is 10.9. The first kappa shape index (κ1) is 15.9. The van der Waals surface area contributed by atoms with Crippen LogP contribution in [-0.4, -0.2) is 48.1 Å². The zero-order valence-corrected chi connectivity index (χ0v) is 12.4. The summed E-state index contributed by atoms with van der Waals surface area (Å²) in [5, 5.41) is 17.9. The molecule has 6 nitrogen and oxygen atoms in total. The first-order chi connectivity index (χ1) is 9.96. The largest absolute Gasteiger partial charge is 0.478 e. The predicted molar refractivity (Wildman–Crippen MR) is 76.6 cm³/mol. The molecule has 1 fully saturated rings. The molecule has 1 unspecified atom stereocenters. The van der Waals surface area contributed by atoms with Gasteiger partial charge in [0.15, 0.2) is 0 Å². The number of aliphatic hydroxyl groups is 1. The molecule has 1 aromatic rings. The molecule has 21 heavy (non-hydrogen) atoms. The van der Waals surface area contributed by atoms with Crippen molar-refractivity contribution in [2.24, 2.45) is 0 Å². The third kappa shape index (κ3) is 3.42. The van der Waals surface area contributed by atoms with Gasteiger partial charge in [-0.15, -0.1) is 0 Å². The van der Waals surface area contributed by atoms with Gasteiger partial charge in [-0.25, -0.2) is 13.2 Å². The smallest absolute Gasteiger partial charge is 0.335 e. The molecule has 2 N–H and O–H groups in total. The van der Waals surface area contributed by atoms with E-state index in [2.05, 4.69) is 0 Å². The van der Waals surface area contributed by atoms with Crippen LogP contribution < -0.4 is 0 Å². The maximum atomic E-state index is 12.7. The molecule has 0 aliphatic carbocycles. The lowest BCUT2D eigenvalue weighted by Crippen LogP contribution is -2.44. The quantitative estimate of drug-likeness (QED) is 0.854. The van der Waals surface area contributed by atoms with Crippen molar-refractivity contribution in [2.75, 3.05) is 13.2 Å². The number of nitrogens with zero attached hydrogens (tertiary/aromatic N) is 1. The van der Waals surface area contributed by atoms with E-state index in [9.17, 15) is 13.2 Å². The molecule has 0 spiro atoms. The van der Waals surface area contributed by atoms with Gasteiger partial charge in [0.1, 0.15) is 0 Å². The van der Waals surface area contributed by atoms with E-state index in [0.717, 1.165) is 19.3 Å². The number of rotatable bonds is 5. The Bertz CT molecular complexity index is 594. The SMILES string of the molecule is O=C(O)c1ccc(S(=O)(=O)N2CCCCC2CCO)cc1. The second-order valence-corrected chi connectivity index (χ2v) is 7.00. The summed E-state index contributed by atoms with van der Waals surface area (Å²) >= 11 is 0. The number of hydrogen-bond acceptors (Lipinski definition) is 4. The Morgan fingerprint density at radius 2 is 1.90 bits per heavy atom. The lowest BCUT2D eigenvalue weighted by atomic mass is 10.0. The van der Waals surface area contributed by atoms with Crippen molar-refractivity contribution < 1.29 is 23.4 Å². The van der Waals surface area contributed by atoms with Crippen molar-refractivity contribution in [2.45, 2.75) is 36.6 Å². The predicted octanol–water partition coefficient (Wildman–Crippen LogP) is 1.31. The third-order valence-corrected chi connectivity index (χ3v) is 5.71. The molecule has 1 saturated heterocycles. The summed E-state index contributed by atoms with van der Waals surface area (Å²) in [6, 6.07) is 5.04. The Hall–Kier alpha value is -1.44. The number of piperidine rings is 1. The highest BCUT2D eigenvalue weighted by Gasteiger charge is 2.33. The molecule has 1 heterocycles. The Kier molecular flexibility index (Phi) is 4.97. The van der Waals surface area contributed by atoms with E-state index in [1.165, 1.54) is 28.6 Å². The van der Waals surface area contributed by atoms with Crippen LogP contribution in [0.3, 0.4) is 0 Å². The van der Waals surface area contributed by atoms with Crippen LogP contribution >= 0.6 is 0 Å². The number of aliphatic hydroxyl groups excluding tert-OH is 1. The Morgan fingerprint density at radius 3 is 2.48 bits per heavy atom. The molecule has 7 heteroatoms. The van der Waals surface area contributed by atoms with Gasteiger partial charge in [-0.05, 0) is 43.5 Å². The summed E-state index contributed by atoms with van der Waals surface area (Å²) in [6.45, 7) is 0.391.